The molecule has 6 nitrogen and oxygen atoms in total. The van der Waals surface area contributed by atoms with Gasteiger partial charge in [0.25, 0.3) is 5.91 Å². The molecule has 0 aliphatic carbocycles. The third kappa shape index (κ3) is 4.01. The highest BCUT2D eigenvalue weighted by Gasteiger charge is 2.32. The van der Waals surface area contributed by atoms with E-state index >= 15 is 0 Å². The fraction of sp³-hybridized carbons (Fsp3) is 0.409. The molecule has 1 aliphatic rings. The molecule has 0 bridgehead atoms. The molecule has 28 heavy (non-hydrogen) atoms. The van der Waals surface area contributed by atoms with Crippen LogP contribution in [-0.2, 0) is 9.53 Å². The molecule has 0 radical (unpaired) electrons. The van der Waals surface area contributed by atoms with Crippen molar-refractivity contribution in [3.05, 3.63) is 58.4 Å². The number of ketones is 1. The van der Waals surface area contributed by atoms with Gasteiger partial charge in [-0.2, -0.15) is 0 Å². The van der Waals surface area contributed by atoms with E-state index < -0.39 is 12.1 Å². The van der Waals surface area contributed by atoms with Gasteiger partial charge in [-0.25, -0.2) is 4.79 Å². The Morgan fingerprint density at radius 2 is 1.68 bits per heavy atom. The largest absolute Gasteiger partial charge is 0.443 e. The van der Waals surface area contributed by atoms with Crippen LogP contribution in [0.15, 0.2) is 30.3 Å². The standard InChI is InChI=1S/C22H26N2O4/c1-14-18(16(3)25)15(2)23-19(14)22(27)28-20(17-10-6-4-7-11-17)21(26)24-12-8-5-9-13-24/h4,6-7,10-11,20,23H,5,8-9,12-13H2,1-3H3/t20-/m1/s1. The maximum absolute atomic E-state index is 13.1. The van der Waals surface area contributed by atoms with Crippen LogP contribution in [0.25, 0.3) is 0 Å². The van der Waals surface area contributed by atoms with Crippen LogP contribution in [0, 0.1) is 13.8 Å². The zero-order valence-corrected chi connectivity index (χ0v) is 16.6. The van der Waals surface area contributed by atoms with Gasteiger partial charge in [0, 0.05) is 29.9 Å². The Hall–Kier alpha value is -2.89. The van der Waals surface area contributed by atoms with Crippen LogP contribution < -0.4 is 0 Å². The van der Waals surface area contributed by atoms with E-state index in [1.165, 1.54) is 6.92 Å². The summed E-state index contributed by atoms with van der Waals surface area (Å²) in [6, 6.07) is 9.06. The number of hydrogen-bond donors (Lipinski definition) is 1. The van der Waals surface area contributed by atoms with Crippen LogP contribution in [0.5, 0.6) is 0 Å². The van der Waals surface area contributed by atoms with Gasteiger partial charge in [-0.15, -0.1) is 0 Å². The first kappa shape index (κ1) is 19.9. The molecule has 1 aromatic heterocycles. The number of benzene rings is 1. The van der Waals surface area contributed by atoms with Crippen molar-refractivity contribution in [3.63, 3.8) is 0 Å². The fourth-order valence-electron chi connectivity index (χ4n) is 3.82. The van der Waals surface area contributed by atoms with Crippen molar-refractivity contribution in [2.75, 3.05) is 13.1 Å². The first-order valence-electron chi connectivity index (χ1n) is 9.65. The molecule has 1 fully saturated rings. The number of piperidine rings is 1. The number of aromatic amines is 1. The van der Waals surface area contributed by atoms with E-state index in [0.29, 0.717) is 35.5 Å². The van der Waals surface area contributed by atoms with E-state index in [1.54, 1.807) is 30.9 Å². The van der Waals surface area contributed by atoms with E-state index in [1.807, 2.05) is 18.2 Å². The van der Waals surface area contributed by atoms with Crippen molar-refractivity contribution in [2.45, 2.75) is 46.1 Å². The van der Waals surface area contributed by atoms with Gasteiger partial charge in [0.15, 0.2) is 5.78 Å². The molecule has 2 aromatic rings. The van der Waals surface area contributed by atoms with Crippen molar-refractivity contribution in [1.82, 2.24) is 9.88 Å². The predicted molar refractivity (Wildman–Crippen MR) is 105 cm³/mol. The third-order valence-electron chi connectivity index (χ3n) is 5.21. The SMILES string of the molecule is CC(=O)c1c(C)[nH]c(C(=O)O[C@@H](C(=O)N2CCCCC2)c2ccccc2)c1C. The number of aromatic nitrogens is 1. The first-order valence-corrected chi connectivity index (χ1v) is 9.65. The topological polar surface area (TPSA) is 79.5 Å². The monoisotopic (exact) mass is 382 g/mol. The average molecular weight is 382 g/mol. The van der Waals surface area contributed by atoms with Gasteiger partial charge in [0.05, 0.1) is 0 Å². The number of amides is 1. The molecule has 1 aliphatic heterocycles. The minimum Gasteiger partial charge on any atom is -0.443 e. The summed E-state index contributed by atoms with van der Waals surface area (Å²) in [6.07, 6.45) is 2.01. The minimum absolute atomic E-state index is 0.116. The maximum Gasteiger partial charge on any atom is 0.356 e. The Morgan fingerprint density at radius 1 is 1.04 bits per heavy atom. The smallest absolute Gasteiger partial charge is 0.356 e. The number of nitrogens with zero attached hydrogens (tertiary/aromatic N) is 1. The van der Waals surface area contributed by atoms with Gasteiger partial charge in [-0.3, -0.25) is 9.59 Å². The van der Waals surface area contributed by atoms with Crippen LogP contribution in [0.2, 0.25) is 0 Å². The molecule has 0 unspecified atom stereocenters. The van der Waals surface area contributed by atoms with Gasteiger partial charge in [0.1, 0.15) is 5.69 Å². The number of carbonyl (C=O) groups is 3. The summed E-state index contributed by atoms with van der Waals surface area (Å²) < 4.78 is 5.69. The van der Waals surface area contributed by atoms with Crippen LogP contribution >= 0.6 is 0 Å². The van der Waals surface area contributed by atoms with Crippen molar-refractivity contribution in [2.24, 2.45) is 0 Å². The number of Topliss-reactive ketones (excluding diaryl/α,β-unsaturated/α-hetero) is 1. The number of nitrogens with one attached hydrogen (secondary N) is 1. The van der Waals surface area contributed by atoms with Crippen LogP contribution in [0.1, 0.15) is 70.0 Å². The van der Waals surface area contributed by atoms with E-state index in [-0.39, 0.29) is 17.4 Å². The van der Waals surface area contributed by atoms with E-state index in [4.69, 9.17) is 4.74 Å². The summed E-state index contributed by atoms with van der Waals surface area (Å²) in [5, 5.41) is 0. The zero-order chi connectivity index (χ0) is 20.3. The van der Waals surface area contributed by atoms with E-state index in [9.17, 15) is 14.4 Å². The van der Waals surface area contributed by atoms with Crippen LogP contribution in [-0.4, -0.2) is 40.6 Å². The first-order chi connectivity index (χ1) is 13.4. The normalized spacial score (nSPS) is 15.2. The molecule has 3 rings (SSSR count). The van der Waals surface area contributed by atoms with Gasteiger partial charge in [0.2, 0.25) is 6.10 Å². The molecule has 1 amide bonds. The molecule has 0 saturated carbocycles. The molecule has 1 N–H and O–H groups in total. The molecule has 0 spiro atoms. The summed E-state index contributed by atoms with van der Waals surface area (Å²) in [5.74, 6) is -0.950. The second-order valence-corrected chi connectivity index (χ2v) is 7.26. The molecule has 1 atom stereocenters. The Labute approximate surface area is 164 Å². The Balaban J connectivity index is 1.89. The number of carbonyl (C=O) groups excluding carboxylic acids is 3. The zero-order valence-electron chi connectivity index (χ0n) is 16.6. The van der Waals surface area contributed by atoms with Crippen molar-refractivity contribution < 1.29 is 19.1 Å². The lowest BCUT2D eigenvalue weighted by Gasteiger charge is -2.30. The highest BCUT2D eigenvalue weighted by atomic mass is 16.5. The maximum atomic E-state index is 13.1. The summed E-state index contributed by atoms with van der Waals surface area (Å²) in [4.78, 5) is 42.6. The lowest BCUT2D eigenvalue weighted by molar-refractivity contribution is -0.142. The number of likely N-dealkylation sites (tertiary alicyclic amines) is 1. The molecule has 148 valence electrons. The van der Waals surface area contributed by atoms with Gasteiger partial charge in [-0.1, -0.05) is 30.3 Å². The summed E-state index contributed by atoms with van der Waals surface area (Å²) in [6.45, 7) is 6.27. The minimum atomic E-state index is -1.00. The molecule has 1 aromatic carbocycles. The van der Waals surface area contributed by atoms with Crippen molar-refractivity contribution >= 4 is 17.7 Å². The van der Waals surface area contributed by atoms with Crippen LogP contribution in [0.3, 0.4) is 0 Å². The lowest BCUT2D eigenvalue weighted by Crippen LogP contribution is -2.40. The van der Waals surface area contributed by atoms with E-state index in [0.717, 1.165) is 19.3 Å². The van der Waals surface area contributed by atoms with Crippen LogP contribution in [0.4, 0.5) is 0 Å². The Morgan fingerprint density at radius 3 is 2.25 bits per heavy atom. The third-order valence-corrected chi connectivity index (χ3v) is 5.21. The number of ether oxygens (including phenoxy) is 1. The molecule has 1 saturated heterocycles. The number of esters is 1. The summed E-state index contributed by atoms with van der Waals surface area (Å²) in [7, 11) is 0. The second-order valence-electron chi connectivity index (χ2n) is 7.26. The molecule has 2 heterocycles. The van der Waals surface area contributed by atoms with Crippen molar-refractivity contribution in [3.8, 4) is 0 Å². The Kier molecular flexibility index (Phi) is 5.97. The highest BCUT2D eigenvalue weighted by Crippen LogP contribution is 2.26. The lowest BCUT2D eigenvalue weighted by atomic mass is 10.1. The molecule has 6 heteroatoms. The van der Waals surface area contributed by atoms with Gasteiger partial charge < -0.3 is 14.6 Å². The van der Waals surface area contributed by atoms with Crippen molar-refractivity contribution in [1.29, 1.82) is 0 Å². The number of aryl methyl sites for hydroxylation is 1. The highest BCUT2D eigenvalue weighted by molar-refractivity contribution is 6.01. The van der Waals surface area contributed by atoms with E-state index in [2.05, 4.69) is 4.98 Å². The van der Waals surface area contributed by atoms with Gasteiger partial charge >= 0.3 is 5.97 Å². The second kappa shape index (κ2) is 8.42. The molecular formula is C22H26N2O4. The fourth-order valence-corrected chi connectivity index (χ4v) is 3.82. The average Bonchev–Trinajstić information content (AvgIpc) is 3.01. The van der Waals surface area contributed by atoms with Gasteiger partial charge in [-0.05, 0) is 45.6 Å². The number of rotatable bonds is 5. The summed E-state index contributed by atoms with van der Waals surface area (Å²) in [5.41, 5.74) is 2.52. The number of hydrogen-bond acceptors (Lipinski definition) is 4. The molecular weight excluding hydrogens is 356 g/mol. The predicted octanol–water partition coefficient (Wildman–Crippen LogP) is 3.74. The number of H-pyrrole nitrogens is 1. The Bertz CT molecular complexity index is 879. The quantitative estimate of drug-likeness (QED) is 0.631. The summed E-state index contributed by atoms with van der Waals surface area (Å²) >= 11 is 0.